The minimum Gasteiger partial charge on any atom is -0.314 e. The summed E-state index contributed by atoms with van der Waals surface area (Å²) in [7, 11) is 0. The average Bonchev–Trinajstić information content (AvgIpc) is 2.71. The maximum absolute atomic E-state index is 13.8. The van der Waals surface area contributed by atoms with Crippen LogP contribution in [0.25, 0.3) is 0 Å². The molecule has 82 valence electrons. The average molecular weight is 293 g/mol. The molecule has 1 unspecified atom stereocenters. The Kier molecular flexibility index (Phi) is 3.65. The molecule has 1 aliphatic rings. The van der Waals surface area contributed by atoms with Gasteiger partial charge in [0.05, 0.1) is 4.47 Å². The molecular formula is C11H12BrClFN. The Morgan fingerprint density at radius 2 is 2.33 bits per heavy atom. The predicted octanol–water partition coefficient (Wildman–Crippen LogP) is 3.54. The maximum atomic E-state index is 13.8. The topological polar surface area (TPSA) is 12.0 Å². The maximum Gasteiger partial charge on any atom is 0.142 e. The lowest BCUT2D eigenvalue weighted by molar-refractivity contribution is 0.557. The molecular weight excluding hydrogens is 280 g/mol. The van der Waals surface area contributed by atoms with E-state index in [2.05, 4.69) is 21.2 Å². The monoisotopic (exact) mass is 291 g/mol. The molecule has 15 heavy (non-hydrogen) atoms. The van der Waals surface area contributed by atoms with Gasteiger partial charge in [0.15, 0.2) is 0 Å². The summed E-state index contributed by atoms with van der Waals surface area (Å²) in [5.74, 6) is -0.226. The third kappa shape index (κ3) is 2.52. The molecule has 1 aromatic carbocycles. The molecule has 1 atom stereocenters. The van der Waals surface area contributed by atoms with E-state index >= 15 is 0 Å². The molecule has 1 N–H and O–H groups in total. The summed E-state index contributed by atoms with van der Waals surface area (Å²) >= 11 is 9.17. The highest BCUT2D eigenvalue weighted by atomic mass is 79.9. The van der Waals surface area contributed by atoms with Crippen LogP contribution in [0.15, 0.2) is 16.6 Å². The molecule has 0 aliphatic carbocycles. The first-order valence-corrected chi connectivity index (χ1v) is 6.21. The Morgan fingerprint density at radius 3 is 3.00 bits per heavy atom. The van der Waals surface area contributed by atoms with Gasteiger partial charge in [-0.2, -0.15) is 0 Å². The Morgan fingerprint density at radius 1 is 1.53 bits per heavy atom. The Bertz CT molecular complexity index is 364. The molecule has 1 nitrogen and oxygen atoms in total. The standard InChI is InChI=1S/C11H12BrClFN/c12-9-3-4-10(13)8(11(9)14)6-7-2-1-5-15-7/h3-4,7,15H,1-2,5-6H2. The minimum absolute atomic E-state index is 0.226. The van der Waals surface area contributed by atoms with E-state index < -0.39 is 0 Å². The van der Waals surface area contributed by atoms with E-state index in [-0.39, 0.29) is 5.82 Å². The van der Waals surface area contributed by atoms with Gasteiger partial charge >= 0.3 is 0 Å². The van der Waals surface area contributed by atoms with Crippen LogP contribution in [0.3, 0.4) is 0 Å². The van der Waals surface area contributed by atoms with Gasteiger partial charge in [-0.3, -0.25) is 0 Å². The second-order valence-electron chi connectivity index (χ2n) is 3.82. The zero-order valence-corrected chi connectivity index (χ0v) is 10.5. The van der Waals surface area contributed by atoms with Crippen LogP contribution >= 0.6 is 27.5 Å². The third-order valence-electron chi connectivity index (χ3n) is 2.75. The van der Waals surface area contributed by atoms with Gasteiger partial charge in [-0.25, -0.2) is 4.39 Å². The first-order valence-electron chi connectivity index (χ1n) is 5.04. The molecule has 4 heteroatoms. The summed E-state index contributed by atoms with van der Waals surface area (Å²) in [6, 6.07) is 3.74. The summed E-state index contributed by atoms with van der Waals surface area (Å²) in [4.78, 5) is 0. The molecule has 1 fully saturated rings. The molecule has 0 saturated carbocycles. The second kappa shape index (κ2) is 4.81. The van der Waals surface area contributed by atoms with Crippen LogP contribution in [0.2, 0.25) is 5.02 Å². The van der Waals surface area contributed by atoms with Crippen LogP contribution < -0.4 is 5.32 Å². The van der Waals surface area contributed by atoms with Gasteiger partial charge in [-0.15, -0.1) is 0 Å². The highest BCUT2D eigenvalue weighted by Crippen LogP contribution is 2.28. The van der Waals surface area contributed by atoms with Crippen LogP contribution in [0.5, 0.6) is 0 Å². The molecule has 1 saturated heterocycles. The van der Waals surface area contributed by atoms with E-state index in [1.54, 1.807) is 12.1 Å². The Labute approximate surface area is 102 Å². The Balaban J connectivity index is 2.22. The molecule has 0 bridgehead atoms. The fourth-order valence-electron chi connectivity index (χ4n) is 1.93. The smallest absolute Gasteiger partial charge is 0.142 e. The van der Waals surface area contributed by atoms with Gasteiger partial charge < -0.3 is 5.32 Å². The van der Waals surface area contributed by atoms with Crippen LogP contribution in [0.4, 0.5) is 4.39 Å². The Hall–Kier alpha value is -0.120. The van der Waals surface area contributed by atoms with Gasteiger partial charge in [-0.05, 0) is 53.9 Å². The van der Waals surface area contributed by atoms with Crippen molar-refractivity contribution in [2.24, 2.45) is 0 Å². The lowest BCUT2D eigenvalue weighted by Gasteiger charge is -2.12. The first-order chi connectivity index (χ1) is 7.18. The number of hydrogen-bond acceptors (Lipinski definition) is 1. The molecule has 1 aromatic rings. The lowest BCUT2D eigenvalue weighted by Crippen LogP contribution is -2.24. The molecule has 1 heterocycles. The van der Waals surface area contributed by atoms with Gasteiger partial charge in [0, 0.05) is 16.6 Å². The molecule has 0 aromatic heterocycles. The van der Waals surface area contributed by atoms with Crippen molar-refractivity contribution >= 4 is 27.5 Å². The van der Waals surface area contributed by atoms with Crippen molar-refractivity contribution in [3.8, 4) is 0 Å². The number of nitrogens with one attached hydrogen (secondary N) is 1. The van der Waals surface area contributed by atoms with Crippen molar-refractivity contribution in [2.45, 2.75) is 25.3 Å². The van der Waals surface area contributed by atoms with Crippen molar-refractivity contribution < 1.29 is 4.39 Å². The number of hydrogen-bond donors (Lipinski definition) is 1. The quantitative estimate of drug-likeness (QED) is 0.822. The number of benzene rings is 1. The largest absolute Gasteiger partial charge is 0.314 e. The van der Waals surface area contributed by atoms with Gasteiger partial charge in [0.2, 0.25) is 0 Å². The molecule has 0 amide bonds. The molecule has 2 rings (SSSR count). The van der Waals surface area contributed by atoms with Crippen LogP contribution in [0.1, 0.15) is 18.4 Å². The fourth-order valence-corrected chi connectivity index (χ4v) is 2.53. The van der Waals surface area contributed by atoms with E-state index in [1.807, 2.05) is 0 Å². The van der Waals surface area contributed by atoms with Crippen LogP contribution in [-0.2, 0) is 6.42 Å². The van der Waals surface area contributed by atoms with Crippen molar-refractivity contribution in [1.82, 2.24) is 5.32 Å². The molecule has 0 spiro atoms. The van der Waals surface area contributed by atoms with Crippen molar-refractivity contribution in [3.05, 3.63) is 33.0 Å². The second-order valence-corrected chi connectivity index (χ2v) is 5.08. The third-order valence-corrected chi connectivity index (χ3v) is 3.72. The van der Waals surface area contributed by atoms with Gasteiger partial charge in [-0.1, -0.05) is 11.6 Å². The van der Waals surface area contributed by atoms with E-state index in [9.17, 15) is 4.39 Å². The predicted molar refractivity (Wildman–Crippen MR) is 63.8 cm³/mol. The summed E-state index contributed by atoms with van der Waals surface area (Å²) < 4.78 is 14.2. The summed E-state index contributed by atoms with van der Waals surface area (Å²) in [5, 5.41) is 3.86. The highest BCUT2D eigenvalue weighted by Gasteiger charge is 2.19. The SMILES string of the molecule is Fc1c(Br)ccc(Cl)c1CC1CCCN1. The van der Waals surface area contributed by atoms with E-state index in [0.717, 1.165) is 19.4 Å². The number of rotatable bonds is 2. The van der Waals surface area contributed by atoms with Crippen molar-refractivity contribution in [2.75, 3.05) is 6.54 Å². The first kappa shape index (κ1) is 11.4. The zero-order valence-electron chi connectivity index (χ0n) is 8.19. The van der Waals surface area contributed by atoms with Crippen molar-refractivity contribution in [1.29, 1.82) is 0 Å². The summed E-state index contributed by atoms with van der Waals surface area (Å²) in [5.41, 5.74) is 0.616. The van der Waals surface area contributed by atoms with E-state index in [1.165, 1.54) is 0 Å². The molecule has 1 aliphatic heterocycles. The molecule has 0 radical (unpaired) electrons. The van der Waals surface area contributed by atoms with Gasteiger partial charge in [0.25, 0.3) is 0 Å². The van der Waals surface area contributed by atoms with Gasteiger partial charge in [0.1, 0.15) is 5.82 Å². The fraction of sp³-hybridized carbons (Fsp3) is 0.455. The summed E-state index contributed by atoms with van der Waals surface area (Å²) in [6.45, 7) is 1.03. The zero-order chi connectivity index (χ0) is 10.8. The van der Waals surface area contributed by atoms with Crippen LogP contribution in [-0.4, -0.2) is 12.6 Å². The minimum atomic E-state index is -0.226. The summed E-state index contributed by atoms with van der Waals surface area (Å²) in [6.07, 6.45) is 2.93. The van der Waals surface area contributed by atoms with E-state index in [0.29, 0.717) is 27.5 Å². The van der Waals surface area contributed by atoms with E-state index in [4.69, 9.17) is 11.6 Å². The lowest BCUT2D eigenvalue weighted by atomic mass is 10.0. The van der Waals surface area contributed by atoms with Crippen LogP contribution in [0, 0.1) is 5.82 Å². The normalized spacial score (nSPS) is 20.9. The number of halogens is 3. The highest BCUT2D eigenvalue weighted by molar-refractivity contribution is 9.10. The van der Waals surface area contributed by atoms with Crippen molar-refractivity contribution in [3.63, 3.8) is 0 Å².